The molecule has 4 rings (SSSR count). The number of aromatic nitrogens is 1. The molecule has 1 aromatic heterocycles. The molecule has 0 bridgehead atoms. The van der Waals surface area contributed by atoms with Crippen molar-refractivity contribution in [2.24, 2.45) is 0 Å². The second kappa shape index (κ2) is 10.9. The fourth-order valence-corrected chi connectivity index (χ4v) is 3.95. The van der Waals surface area contributed by atoms with Gasteiger partial charge >= 0.3 is 0 Å². The summed E-state index contributed by atoms with van der Waals surface area (Å²) in [7, 11) is 0. The fourth-order valence-electron chi connectivity index (χ4n) is 3.31. The van der Waals surface area contributed by atoms with Gasteiger partial charge in [0.15, 0.2) is 17.7 Å². The van der Waals surface area contributed by atoms with Crippen LogP contribution in [0.3, 0.4) is 0 Å². The molecule has 0 aliphatic heterocycles. The van der Waals surface area contributed by atoms with E-state index in [0.717, 1.165) is 11.6 Å². The van der Waals surface area contributed by atoms with Gasteiger partial charge in [0.25, 0.3) is 5.91 Å². The van der Waals surface area contributed by atoms with E-state index in [4.69, 9.17) is 39.5 Å². The Bertz CT molecular complexity index is 1300. The number of rotatable bonds is 7. The van der Waals surface area contributed by atoms with E-state index in [1.807, 2.05) is 6.07 Å². The Kier molecular flexibility index (Phi) is 7.68. The zero-order valence-electron chi connectivity index (χ0n) is 17.6. The highest BCUT2D eigenvalue weighted by Gasteiger charge is 2.22. The first kappa shape index (κ1) is 24.0. The molecule has 4 nitrogen and oxygen atoms in total. The first-order valence-electron chi connectivity index (χ1n) is 10.2. The summed E-state index contributed by atoms with van der Waals surface area (Å²) in [6.45, 7) is 0.278. The molecule has 0 saturated carbocycles. The van der Waals surface area contributed by atoms with E-state index in [0.29, 0.717) is 26.2 Å². The molecule has 1 amide bonds. The maximum Gasteiger partial charge on any atom is 0.251 e. The van der Waals surface area contributed by atoms with Crippen LogP contribution in [-0.2, 0) is 6.54 Å². The molecule has 172 valence electrons. The van der Waals surface area contributed by atoms with Crippen molar-refractivity contribution in [1.29, 1.82) is 0 Å². The topological polar surface area (TPSA) is 51.2 Å². The molecule has 0 aliphatic carbocycles. The number of hydrogen-bond acceptors (Lipinski definition) is 3. The van der Waals surface area contributed by atoms with E-state index in [9.17, 15) is 4.79 Å². The number of nitrogens with one attached hydrogen (secondary N) is 1. The van der Waals surface area contributed by atoms with Crippen LogP contribution in [-0.4, -0.2) is 10.9 Å². The third kappa shape index (κ3) is 5.86. The van der Waals surface area contributed by atoms with Gasteiger partial charge in [-0.15, -0.1) is 0 Å². The van der Waals surface area contributed by atoms with Gasteiger partial charge < -0.3 is 10.1 Å². The lowest BCUT2D eigenvalue weighted by Crippen LogP contribution is -2.23. The highest BCUT2D eigenvalue weighted by molar-refractivity contribution is 6.35. The lowest BCUT2D eigenvalue weighted by Gasteiger charge is -2.22. The Morgan fingerprint density at radius 2 is 1.74 bits per heavy atom. The Morgan fingerprint density at radius 3 is 2.41 bits per heavy atom. The van der Waals surface area contributed by atoms with Crippen LogP contribution in [0.2, 0.25) is 15.1 Å². The molecule has 0 saturated heterocycles. The van der Waals surface area contributed by atoms with Gasteiger partial charge in [0.05, 0.1) is 0 Å². The van der Waals surface area contributed by atoms with Gasteiger partial charge in [-0.3, -0.25) is 9.78 Å². The maximum atomic E-state index is 15.0. The van der Waals surface area contributed by atoms with Gasteiger partial charge in [-0.2, -0.15) is 0 Å². The molecule has 0 fully saturated rings. The molecule has 1 heterocycles. The molecule has 8 heteroatoms. The van der Waals surface area contributed by atoms with Crippen molar-refractivity contribution < 1.29 is 13.9 Å². The molecule has 34 heavy (non-hydrogen) atoms. The summed E-state index contributed by atoms with van der Waals surface area (Å²) in [6.07, 6.45) is 2.56. The van der Waals surface area contributed by atoms with Crippen LogP contribution < -0.4 is 10.1 Å². The number of halogens is 4. The molecule has 0 spiro atoms. The zero-order chi connectivity index (χ0) is 24.1. The average molecular weight is 516 g/mol. The van der Waals surface area contributed by atoms with Gasteiger partial charge in [0.2, 0.25) is 0 Å². The average Bonchev–Trinajstić information content (AvgIpc) is 2.83. The molecule has 1 unspecified atom stereocenters. The normalized spacial score (nSPS) is 11.6. The van der Waals surface area contributed by atoms with Gasteiger partial charge in [-0.05, 0) is 59.7 Å². The molecule has 1 N–H and O–H groups in total. The summed E-state index contributed by atoms with van der Waals surface area (Å²) in [6, 6.07) is 19.6. The Balaban J connectivity index is 1.57. The number of pyridine rings is 1. The number of benzene rings is 3. The van der Waals surface area contributed by atoms with Gasteiger partial charge in [-0.1, -0.05) is 59.1 Å². The van der Waals surface area contributed by atoms with Crippen LogP contribution in [0, 0.1) is 5.82 Å². The van der Waals surface area contributed by atoms with E-state index in [-0.39, 0.29) is 17.9 Å². The number of carbonyl (C=O) groups is 1. The van der Waals surface area contributed by atoms with Crippen LogP contribution in [0.5, 0.6) is 5.75 Å². The van der Waals surface area contributed by atoms with Crippen LogP contribution in [0.1, 0.15) is 33.2 Å². The van der Waals surface area contributed by atoms with Crippen molar-refractivity contribution in [2.75, 3.05) is 0 Å². The van der Waals surface area contributed by atoms with E-state index in [2.05, 4.69) is 10.3 Å². The Morgan fingerprint density at radius 1 is 0.971 bits per heavy atom. The predicted octanol–water partition coefficient (Wildman–Crippen LogP) is 7.28. The quantitative estimate of drug-likeness (QED) is 0.281. The summed E-state index contributed by atoms with van der Waals surface area (Å²) in [5, 5.41) is 4.14. The third-order valence-corrected chi connectivity index (χ3v) is 5.85. The summed E-state index contributed by atoms with van der Waals surface area (Å²) < 4.78 is 21.1. The standard InChI is InChI=1S/C26H18Cl3FN2O2/c27-19-6-3-17(4-7-19)25(21-9-8-20(28)13-22(21)29)34-24-10-5-18(12-23(24)30)26(33)32-15-16-2-1-11-31-14-16/h1-14,25H,15H2,(H,32,33). The molecule has 1 atom stereocenters. The summed E-state index contributed by atoms with van der Waals surface area (Å²) >= 11 is 18.5. The highest BCUT2D eigenvalue weighted by Crippen LogP contribution is 2.35. The second-order valence-corrected chi connectivity index (χ2v) is 8.68. The molecule has 0 aliphatic rings. The van der Waals surface area contributed by atoms with E-state index in [1.165, 1.54) is 12.1 Å². The Labute approximate surface area is 211 Å². The molecule has 3 aromatic carbocycles. The van der Waals surface area contributed by atoms with Crippen molar-refractivity contribution in [3.63, 3.8) is 0 Å². The van der Waals surface area contributed by atoms with Crippen LogP contribution in [0.4, 0.5) is 4.39 Å². The van der Waals surface area contributed by atoms with Gasteiger partial charge in [-0.25, -0.2) is 4.39 Å². The predicted molar refractivity (Wildman–Crippen MR) is 132 cm³/mol. The molecule has 4 aromatic rings. The number of carbonyl (C=O) groups excluding carboxylic acids is 1. The SMILES string of the molecule is O=C(NCc1cccnc1)c1ccc(OC(c2ccc(Cl)cc2)c2ccc(Cl)cc2Cl)c(F)c1. The van der Waals surface area contributed by atoms with Crippen molar-refractivity contribution in [1.82, 2.24) is 10.3 Å². The first-order chi connectivity index (χ1) is 16.4. The monoisotopic (exact) mass is 514 g/mol. The minimum atomic E-state index is -0.734. The zero-order valence-corrected chi connectivity index (χ0v) is 19.9. The summed E-state index contributed by atoms with van der Waals surface area (Å²) in [5.41, 5.74) is 2.32. The molecular formula is C26H18Cl3FN2O2. The van der Waals surface area contributed by atoms with Crippen molar-refractivity contribution in [2.45, 2.75) is 12.6 Å². The lowest BCUT2D eigenvalue weighted by molar-refractivity contribution is 0.0950. The van der Waals surface area contributed by atoms with Crippen LogP contribution in [0.15, 0.2) is 85.2 Å². The minimum Gasteiger partial charge on any atom is -0.478 e. The van der Waals surface area contributed by atoms with Gasteiger partial charge in [0, 0.05) is 45.1 Å². The maximum absolute atomic E-state index is 15.0. The van der Waals surface area contributed by atoms with Gasteiger partial charge in [0.1, 0.15) is 0 Å². The van der Waals surface area contributed by atoms with Crippen LogP contribution in [0.25, 0.3) is 0 Å². The van der Waals surface area contributed by atoms with E-state index < -0.39 is 17.8 Å². The highest BCUT2D eigenvalue weighted by atomic mass is 35.5. The van der Waals surface area contributed by atoms with Crippen LogP contribution >= 0.6 is 34.8 Å². The van der Waals surface area contributed by atoms with Crippen molar-refractivity contribution >= 4 is 40.7 Å². The van der Waals surface area contributed by atoms with E-state index >= 15 is 4.39 Å². The molecule has 0 radical (unpaired) electrons. The smallest absolute Gasteiger partial charge is 0.251 e. The summed E-state index contributed by atoms with van der Waals surface area (Å²) in [5.74, 6) is -1.13. The van der Waals surface area contributed by atoms with Crippen molar-refractivity contribution in [3.8, 4) is 5.75 Å². The second-order valence-electron chi connectivity index (χ2n) is 7.40. The first-order valence-corrected chi connectivity index (χ1v) is 11.4. The van der Waals surface area contributed by atoms with E-state index in [1.54, 1.807) is 60.9 Å². The summed E-state index contributed by atoms with van der Waals surface area (Å²) in [4.78, 5) is 16.5. The number of amides is 1. The lowest BCUT2D eigenvalue weighted by atomic mass is 10.0. The number of hydrogen-bond donors (Lipinski definition) is 1. The Hall–Kier alpha value is -3.12. The number of ether oxygens (including phenoxy) is 1. The third-order valence-electron chi connectivity index (χ3n) is 5.03. The number of nitrogens with zero attached hydrogens (tertiary/aromatic N) is 1. The van der Waals surface area contributed by atoms with Crippen molar-refractivity contribution in [3.05, 3.63) is 128 Å². The fraction of sp³-hybridized carbons (Fsp3) is 0.0769. The minimum absolute atomic E-state index is 0.0326. The largest absolute Gasteiger partial charge is 0.478 e. The molecular weight excluding hydrogens is 498 g/mol.